The zero-order valence-corrected chi connectivity index (χ0v) is 19.5. The number of imidazole rings is 1. The van der Waals surface area contributed by atoms with E-state index >= 15 is 0 Å². The lowest BCUT2D eigenvalue weighted by Crippen LogP contribution is -2.41. The Kier molecular flexibility index (Phi) is 4.26. The van der Waals surface area contributed by atoms with Crippen molar-refractivity contribution in [3.63, 3.8) is 0 Å². The molecule has 1 unspecified atom stereocenters. The standard InChI is InChI=1S/C25H24N8O2/c1-14-4-3-8-33-19(14)10-18(30-33)22-21-17(26-13-27-21)7-9-32(22)25(34)23-20(15-5-6-15)29-24(35-23)16-11-28-31(2)12-16/h3-4,8,10-13,15,22H,5-7,9H2,1-2H3,(H,26,27). The van der Waals surface area contributed by atoms with E-state index in [0.29, 0.717) is 24.6 Å². The second-order valence-electron chi connectivity index (χ2n) is 9.42. The van der Waals surface area contributed by atoms with Crippen molar-refractivity contribution >= 4 is 11.4 Å². The Hall–Kier alpha value is -4.21. The first kappa shape index (κ1) is 20.2. The summed E-state index contributed by atoms with van der Waals surface area (Å²) in [5, 5.41) is 9.06. The number of carbonyl (C=O) groups excluding carboxylic acids is 1. The van der Waals surface area contributed by atoms with Crippen molar-refractivity contribution in [2.75, 3.05) is 6.54 Å². The SMILES string of the molecule is Cc1cccn2nc(C3c4nc[nH]c4CCN3C(=O)c3oc(-c4cnn(C)c4)nc3C3CC3)cc12. The molecule has 5 aromatic rings. The average Bonchev–Trinajstić information content (AvgIpc) is 3.26. The van der Waals surface area contributed by atoms with Crippen molar-refractivity contribution in [1.82, 2.24) is 39.2 Å². The second kappa shape index (κ2) is 7.39. The summed E-state index contributed by atoms with van der Waals surface area (Å²) in [5.41, 5.74) is 6.26. The lowest BCUT2D eigenvalue weighted by atomic mass is 9.99. The van der Waals surface area contributed by atoms with E-state index in [1.165, 1.54) is 0 Å². The molecule has 1 atom stereocenters. The molecule has 7 rings (SSSR count). The molecule has 1 amide bonds. The number of carbonyl (C=O) groups is 1. The molecule has 176 valence electrons. The van der Waals surface area contributed by atoms with Crippen LogP contribution in [0.4, 0.5) is 0 Å². The fraction of sp³-hybridized carbons (Fsp3) is 0.320. The van der Waals surface area contributed by atoms with E-state index < -0.39 is 6.04 Å². The first-order valence-corrected chi connectivity index (χ1v) is 11.8. The number of hydrogen-bond donors (Lipinski definition) is 1. The van der Waals surface area contributed by atoms with Gasteiger partial charge in [0.2, 0.25) is 11.7 Å². The van der Waals surface area contributed by atoms with Gasteiger partial charge in [-0.25, -0.2) is 14.5 Å². The lowest BCUT2D eigenvalue weighted by molar-refractivity contribution is 0.0653. The van der Waals surface area contributed by atoms with E-state index in [1.807, 2.05) is 41.0 Å². The van der Waals surface area contributed by atoms with Crippen LogP contribution in [-0.4, -0.2) is 51.7 Å². The molecule has 1 saturated carbocycles. The Labute approximate surface area is 200 Å². The van der Waals surface area contributed by atoms with Crippen molar-refractivity contribution in [3.8, 4) is 11.5 Å². The summed E-state index contributed by atoms with van der Waals surface area (Å²) in [6, 6.07) is 5.66. The predicted molar refractivity (Wildman–Crippen MR) is 126 cm³/mol. The third-order valence-electron chi connectivity index (χ3n) is 6.96. The largest absolute Gasteiger partial charge is 0.430 e. The Morgan fingerprint density at radius 3 is 2.91 bits per heavy atom. The second-order valence-corrected chi connectivity index (χ2v) is 9.42. The number of nitrogens with zero attached hydrogens (tertiary/aromatic N) is 7. The number of aryl methyl sites for hydroxylation is 2. The minimum Gasteiger partial charge on any atom is -0.430 e. The number of aromatic amines is 1. The van der Waals surface area contributed by atoms with Crippen LogP contribution in [0.5, 0.6) is 0 Å². The first-order chi connectivity index (χ1) is 17.1. The van der Waals surface area contributed by atoms with E-state index in [-0.39, 0.29) is 11.8 Å². The van der Waals surface area contributed by atoms with Gasteiger partial charge in [-0.1, -0.05) is 6.07 Å². The zero-order valence-electron chi connectivity index (χ0n) is 19.5. The van der Waals surface area contributed by atoms with E-state index in [4.69, 9.17) is 14.5 Å². The summed E-state index contributed by atoms with van der Waals surface area (Å²) in [6.45, 7) is 2.58. The van der Waals surface area contributed by atoms with Crippen LogP contribution in [0.15, 0.2) is 47.5 Å². The van der Waals surface area contributed by atoms with E-state index in [9.17, 15) is 4.79 Å². The summed E-state index contributed by atoms with van der Waals surface area (Å²) >= 11 is 0. The molecule has 0 saturated heterocycles. The third kappa shape index (κ3) is 3.20. The van der Waals surface area contributed by atoms with Crippen LogP contribution >= 0.6 is 0 Å². The molecule has 1 fully saturated rings. The monoisotopic (exact) mass is 468 g/mol. The molecule has 0 radical (unpaired) electrons. The highest BCUT2D eigenvalue weighted by atomic mass is 16.4. The van der Waals surface area contributed by atoms with Crippen LogP contribution in [0.1, 0.15) is 63.7 Å². The van der Waals surface area contributed by atoms with Crippen LogP contribution < -0.4 is 0 Å². The average molecular weight is 469 g/mol. The molecule has 10 nitrogen and oxygen atoms in total. The molecular weight excluding hydrogens is 444 g/mol. The quantitative estimate of drug-likeness (QED) is 0.433. The fourth-order valence-corrected chi connectivity index (χ4v) is 5.01. The van der Waals surface area contributed by atoms with Crippen molar-refractivity contribution in [2.24, 2.45) is 7.05 Å². The van der Waals surface area contributed by atoms with Gasteiger partial charge in [0.05, 0.1) is 40.7 Å². The number of pyridine rings is 1. The van der Waals surface area contributed by atoms with Gasteiger partial charge in [0.25, 0.3) is 5.91 Å². The minimum absolute atomic E-state index is 0.179. The maximum Gasteiger partial charge on any atom is 0.292 e. The number of H-pyrrole nitrogens is 1. The molecule has 1 N–H and O–H groups in total. The Morgan fingerprint density at radius 1 is 1.26 bits per heavy atom. The summed E-state index contributed by atoms with van der Waals surface area (Å²) in [7, 11) is 1.84. The molecule has 0 spiro atoms. The van der Waals surface area contributed by atoms with Gasteiger partial charge in [-0.3, -0.25) is 9.48 Å². The van der Waals surface area contributed by atoms with Gasteiger partial charge in [0, 0.05) is 44.0 Å². The molecule has 0 aromatic carbocycles. The molecule has 5 aromatic heterocycles. The minimum atomic E-state index is -0.421. The molecule has 10 heteroatoms. The summed E-state index contributed by atoms with van der Waals surface area (Å²) < 4.78 is 9.71. The number of hydrogen-bond acceptors (Lipinski definition) is 6. The zero-order chi connectivity index (χ0) is 23.7. The highest BCUT2D eigenvalue weighted by molar-refractivity contribution is 5.94. The van der Waals surface area contributed by atoms with E-state index in [1.54, 1.807) is 17.2 Å². The number of nitrogens with one attached hydrogen (secondary N) is 1. The number of fused-ring (bicyclic) bond motifs is 2. The van der Waals surface area contributed by atoms with Gasteiger partial charge in [0.15, 0.2) is 0 Å². The fourth-order valence-electron chi connectivity index (χ4n) is 5.01. The normalized spacial score (nSPS) is 17.8. The van der Waals surface area contributed by atoms with Gasteiger partial charge < -0.3 is 14.3 Å². The third-order valence-corrected chi connectivity index (χ3v) is 6.96. The molecular formula is C25H24N8O2. The van der Waals surface area contributed by atoms with Crippen molar-refractivity contribution < 1.29 is 9.21 Å². The van der Waals surface area contributed by atoms with Crippen LogP contribution in [0, 0.1) is 6.92 Å². The molecule has 1 aliphatic heterocycles. The molecule has 6 heterocycles. The van der Waals surface area contributed by atoms with Crippen LogP contribution in [0.25, 0.3) is 17.0 Å². The number of rotatable bonds is 4. The topological polar surface area (TPSA) is 110 Å². The Bertz CT molecular complexity index is 1580. The maximum atomic E-state index is 14.1. The molecule has 35 heavy (non-hydrogen) atoms. The predicted octanol–water partition coefficient (Wildman–Crippen LogP) is 3.42. The number of amides is 1. The van der Waals surface area contributed by atoms with Crippen LogP contribution in [0.2, 0.25) is 0 Å². The van der Waals surface area contributed by atoms with Crippen molar-refractivity contribution in [3.05, 3.63) is 77.2 Å². The highest BCUT2D eigenvalue weighted by Gasteiger charge is 2.41. The lowest BCUT2D eigenvalue weighted by Gasteiger charge is -2.33. The molecule has 0 bridgehead atoms. The smallest absolute Gasteiger partial charge is 0.292 e. The maximum absolute atomic E-state index is 14.1. The molecule has 2 aliphatic rings. The van der Waals surface area contributed by atoms with Gasteiger partial charge in [-0.05, 0) is 37.5 Å². The van der Waals surface area contributed by atoms with Crippen molar-refractivity contribution in [2.45, 2.75) is 38.1 Å². The van der Waals surface area contributed by atoms with Gasteiger partial charge in [-0.2, -0.15) is 10.2 Å². The summed E-state index contributed by atoms with van der Waals surface area (Å²) in [4.78, 5) is 28.5. The van der Waals surface area contributed by atoms with E-state index in [2.05, 4.69) is 28.1 Å². The summed E-state index contributed by atoms with van der Waals surface area (Å²) in [5.74, 6) is 0.822. The first-order valence-electron chi connectivity index (χ1n) is 11.8. The van der Waals surface area contributed by atoms with Gasteiger partial charge >= 0.3 is 0 Å². The van der Waals surface area contributed by atoms with Gasteiger partial charge in [0.1, 0.15) is 6.04 Å². The highest BCUT2D eigenvalue weighted by Crippen LogP contribution is 2.44. The van der Waals surface area contributed by atoms with Crippen molar-refractivity contribution in [1.29, 1.82) is 0 Å². The van der Waals surface area contributed by atoms with Crippen LogP contribution in [-0.2, 0) is 13.5 Å². The van der Waals surface area contributed by atoms with Gasteiger partial charge in [-0.15, -0.1) is 0 Å². The summed E-state index contributed by atoms with van der Waals surface area (Å²) in [6.07, 6.45) is 9.87. The van der Waals surface area contributed by atoms with Crippen LogP contribution in [0.3, 0.4) is 0 Å². The number of oxazole rings is 1. The van der Waals surface area contributed by atoms with E-state index in [0.717, 1.165) is 52.3 Å². The Morgan fingerprint density at radius 2 is 2.14 bits per heavy atom. The molecule has 1 aliphatic carbocycles. The number of aromatic nitrogens is 7. The Balaban J connectivity index is 1.33.